The Morgan fingerprint density at radius 3 is 2.17 bits per heavy atom. The van der Waals surface area contributed by atoms with Gasteiger partial charge in [0.1, 0.15) is 0 Å². The van der Waals surface area contributed by atoms with Crippen LogP contribution in [0.3, 0.4) is 0 Å². The lowest BCUT2D eigenvalue weighted by Gasteiger charge is -2.26. The molecule has 0 radical (unpaired) electrons. The molecule has 0 amide bonds. The van der Waals surface area contributed by atoms with Crippen molar-refractivity contribution in [2.75, 3.05) is 6.54 Å². The van der Waals surface area contributed by atoms with Crippen molar-refractivity contribution in [3.8, 4) is 0 Å². The fourth-order valence-corrected chi connectivity index (χ4v) is 3.01. The molecule has 1 aliphatic carbocycles. The average molecular weight is 245 g/mol. The summed E-state index contributed by atoms with van der Waals surface area (Å²) in [7, 11) is 0. The number of ketones is 1. The Balaban J connectivity index is 2.07. The van der Waals surface area contributed by atoms with Crippen molar-refractivity contribution < 1.29 is 4.79 Å². The highest BCUT2D eigenvalue weighted by atomic mass is 16.1. The summed E-state index contributed by atoms with van der Waals surface area (Å²) >= 11 is 0. The highest BCUT2D eigenvalue weighted by Crippen LogP contribution is 2.30. The molecule has 0 spiro atoms. The third-order valence-electron chi connectivity index (χ3n) is 4.06. The van der Waals surface area contributed by atoms with Crippen molar-refractivity contribution in [1.82, 2.24) is 0 Å². The van der Waals surface area contributed by atoms with Crippen LogP contribution in [0.2, 0.25) is 0 Å². The highest BCUT2D eigenvalue weighted by Gasteiger charge is 2.26. The minimum Gasteiger partial charge on any atom is -0.330 e. The summed E-state index contributed by atoms with van der Waals surface area (Å²) in [5.41, 5.74) is 8.93. The second kappa shape index (κ2) is 5.66. The Bertz CT molecular complexity index is 410. The second-order valence-corrected chi connectivity index (χ2v) is 5.69. The zero-order chi connectivity index (χ0) is 13.1. The molecule has 2 heteroatoms. The number of nitrogens with two attached hydrogens (primary N) is 1. The SMILES string of the molecule is Cc1cc(C)cc(C(=O)C2CCC(CN)CC2)c1. The highest BCUT2D eigenvalue weighted by molar-refractivity contribution is 5.98. The van der Waals surface area contributed by atoms with E-state index in [9.17, 15) is 4.79 Å². The zero-order valence-electron chi connectivity index (χ0n) is 11.4. The van der Waals surface area contributed by atoms with Gasteiger partial charge in [-0.25, -0.2) is 0 Å². The van der Waals surface area contributed by atoms with Crippen molar-refractivity contribution in [2.45, 2.75) is 39.5 Å². The van der Waals surface area contributed by atoms with E-state index in [2.05, 4.69) is 19.9 Å². The van der Waals surface area contributed by atoms with Gasteiger partial charge in [0, 0.05) is 11.5 Å². The van der Waals surface area contributed by atoms with E-state index in [-0.39, 0.29) is 5.92 Å². The van der Waals surface area contributed by atoms with Crippen LogP contribution in [0, 0.1) is 25.7 Å². The molecular formula is C16H23NO. The van der Waals surface area contributed by atoms with Crippen LogP contribution in [0.4, 0.5) is 0 Å². The Labute approximate surface area is 110 Å². The number of rotatable bonds is 3. The topological polar surface area (TPSA) is 43.1 Å². The van der Waals surface area contributed by atoms with E-state index in [1.807, 2.05) is 12.1 Å². The number of aryl methyl sites for hydroxylation is 2. The molecule has 0 aromatic heterocycles. The van der Waals surface area contributed by atoms with Crippen LogP contribution in [0.1, 0.15) is 47.2 Å². The van der Waals surface area contributed by atoms with Crippen molar-refractivity contribution in [2.24, 2.45) is 17.6 Å². The first-order valence-corrected chi connectivity index (χ1v) is 6.92. The van der Waals surface area contributed by atoms with Gasteiger partial charge in [0.05, 0.1) is 0 Å². The minimum atomic E-state index is 0.217. The van der Waals surface area contributed by atoms with E-state index in [1.165, 1.54) is 11.1 Å². The van der Waals surface area contributed by atoms with Gasteiger partial charge in [-0.05, 0) is 64.1 Å². The molecule has 2 nitrogen and oxygen atoms in total. The third kappa shape index (κ3) is 2.99. The molecule has 2 rings (SSSR count). The Hall–Kier alpha value is -1.15. The number of benzene rings is 1. The molecule has 1 aromatic carbocycles. The summed E-state index contributed by atoms with van der Waals surface area (Å²) < 4.78 is 0. The maximum absolute atomic E-state index is 12.5. The van der Waals surface area contributed by atoms with Crippen molar-refractivity contribution in [1.29, 1.82) is 0 Å². The van der Waals surface area contributed by atoms with E-state index >= 15 is 0 Å². The van der Waals surface area contributed by atoms with Gasteiger partial charge >= 0.3 is 0 Å². The molecule has 1 aromatic rings. The van der Waals surface area contributed by atoms with Gasteiger partial charge in [0.25, 0.3) is 0 Å². The van der Waals surface area contributed by atoms with Gasteiger partial charge in [-0.15, -0.1) is 0 Å². The summed E-state index contributed by atoms with van der Waals surface area (Å²) in [6.07, 6.45) is 4.23. The van der Waals surface area contributed by atoms with Crippen molar-refractivity contribution in [3.05, 3.63) is 34.9 Å². The van der Waals surface area contributed by atoms with Gasteiger partial charge < -0.3 is 5.73 Å². The summed E-state index contributed by atoms with van der Waals surface area (Å²) in [6, 6.07) is 6.15. The molecule has 1 aliphatic rings. The minimum absolute atomic E-state index is 0.217. The molecule has 0 aliphatic heterocycles. The van der Waals surface area contributed by atoms with Crippen molar-refractivity contribution >= 4 is 5.78 Å². The lowest BCUT2D eigenvalue weighted by molar-refractivity contribution is 0.0873. The summed E-state index contributed by atoms with van der Waals surface area (Å²) in [6.45, 7) is 4.87. The number of Topliss-reactive ketones (excluding diaryl/α,β-unsaturated/α-hetero) is 1. The van der Waals surface area contributed by atoms with Crippen LogP contribution < -0.4 is 5.73 Å². The van der Waals surface area contributed by atoms with Crippen LogP contribution in [0.15, 0.2) is 18.2 Å². The average Bonchev–Trinajstić information content (AvgIpc) is 2.37. The van der Waals surface area contributed by atoms with Crippen LogP contribution in [-0.2, 0) is 0 Å². The summed E-state index contributed by atoms with van der Waals surface area (Å²) in [5.74, 6) is 1.18. The fourth-order valence-electron chi connectivity index (χ4n) is 3.01. The Morgan fingerprint density at radius 1 is 1.11 bits per heavy atom. The van der Waals surface area contributed by atoms with Crippen LogP contribution in [-0.4, -0.2) is 12.3 Å². The van der Waals surface area contributed by atoms with E-state index < -0.39 is 0 Å². The van der Waals surface area contributed by atoms with Gasteiger partial charge in [0.15, 0.2) is 5.78 Å². The number of hydrogen-bond donors (Lipinski definition) is 1. The normalized spacial score (nSPS) is 23.9. The van der Waals surface area contributed by atoms with Gasteiger partial charge in [-0.3, -0.25) is 4.79 Å². The monoisotopic (exact) mass is 245 g/mol. The van der Waals surface area contributed by atoms with E-state index in [0.29, 0.717) is 11.7 Å². The molecule has 1 fully saturated rings. The smallest absolute Gasteiger partial charge is 0.165 e. The van der Waals surface area contributed by atoms with Gasteiger partial charge in [-0.1, -0.05) is 17.2 Å². The van der Waals surface area contributed by atoms with E-state index in [0.717, 1.165) is 37.8 Å². The molecular weight excluding hydrogens is 222 g/mol. The molecule has 1 saturated carbocycles. The predicted octanol–water partition coefficient (Wildman–Crippen LogP) is 3.25. The summed E-state index contributed by atoms with van der Waals surface area (Å²) in [5, 5.41) is 0. The zero-order valence-corrected chi connectivity index (χ0v) is 11.4. The Kier molecular flexibility index (Phi) is 4.18. The van der Waals surface area contributed by atoms with Gasteiger partial charge in [0.2, 0.25) is 0 Å². The summed E-state index contributed by atoms with van der Waals surface area (Å²) in [4.78, 5) is 12.5. The largest absolute Gasteiger partial charge is 0.330 e. The van der Waals surface area contributed by atoms with E-state index in [1.54, 1.807) is 0 Å². The number of carbonyl (C=O) groups excluding carboxylic acids is 1. The molecule has 0 saturated heterocycles. The molecule has 0 unspecified atom stereocenters. The fraction of sp³-hybridized carbons (Fsp3) is 0.562. The van der Waals surface area contributed by atoms with E-state index in [4.69, 9.17) is 5.73 Å². The molecule has 0 heterocycles. The van der Waals surface area contributed by atoms with Gasteiger partial charge in [-0.2, -0.15) is 0 Å². The first kappa shape index (κ1) is 13.3. The lowest BCUT2D eigenvalue weighted by Crippen LogP contribution is -2.25. The van der Waals surface area contributed by atoms with Crippen LogP contribution in [0.25, 0.3) is 0 Å². The molecule has 98 valence electrons. The Morgan fingerprint density at radius 2 is 1.67 bits per heavy atom. The maximum Gasteiger partial charge on any atom is 0.165 e. The predicted molar refractivity (Wildman–Crippen MR) is 74.7 cm³/mol. The first-order valence-electron chi connectivity index (χ1n) is 6.92. The quantitative estimate of drug-likeness (QED) is 0.831. The third-order valence-corrected chi connectivity index (χ3v) is 4.06. The lowest BCUT2D eigenvalue weighted by atomic mass is 9.78. The van der Waals surface area contributed by atoms with Crippen LogP contribution >= 0.6 is 0 Å². The first-order chi connectivity index (χ1) is 8.60. The molecule has 0 atom stereocenters. The molecule has 0 bridgehead atoms. The van der Waals surface area contributed by atoms with Crippen LogP contribution in [0.5, 0.6) is 0 Å². The second-order valence-electron chi connectivity index (χ2n) is 5.69. The van der Waals surface area contributed by atoms with Crippen molar-refractivity contribution in [3.63, 3.8) is 0 Å². The standard InChI is InChI=1S/C16H23NO/c1-11-7-12(2)9-15(8-11)16(18)14-5-3-13(10-17)4-6-14/h7-9,13-14H,3-6,10,17H2,1-2H3. The molecule has 2 N–H and O–H groups in total. The maximum atomic E-state index is 12.5. The molecule has 18 heavy (non-hydrogen) atoms. The number of carbonyl (C=O) groups is 1. The number of hydrogen-bond acceptors (Lipinski definition) is 2.